The monoisotopic (exact) mass is 396 g/mol. The second-order valence-corrected chi connectivity index (χ2v) is 7.05. The second kappa shape index (κ2) is 7.83. The Bertz CT molecular complexity index is 787. The fourth-order valence-corrected chi connectivity index (χ4v) is 3.24. The Labute approximate surface area is 160 Å². The van der Waals surface area contributed by atoms with Crippen LogP contribution in [0.1, 0.15) is 36.5 Å². The molecule has 3 rings (SSSR count). The van der Waals surface area contributed by atoms with Crippen molar-refractivity contribution in [3.8, 4) is 5.75 Å². The van der Waals surface area contributed by atoms with Gasteiger partial charge in [0.2, 0.25) is 11.8 Å². The summed E-state index contributed by atoms with van der Waals surface area (Å²) in [5.74, 6) is -3.92. The number of hydrogen-bond acceptors (Lipinski definition) is 5. The van der Waals surface area contributed by atoms with Gasteiger partial charge in [-0.1, -0.05) is 6.92 Å². The van der Waals surface area contributed by atoms with E-state index >= 15 is 0 Å². The van der Waals surface area contributed by atoms with Crippen LogP contribution in [-0.2, 0) is 14.3 Å². The van der Waals surface area contributed by atoms with Crippen LogP contribution in [0.3, 0.4) is 0 Å². The van der Waals surface area contributed by atoms with Crippen molar-refractivity contribution in [3.05, 3.63) is 29.3 Å². The van der Waals surface area contributed by atoms with E-state index in [0.29, 0.717) is 19.4 Å². The molecule has 1 atom stereocenters. The minimum absolute atomic E-state index is 0.0586. The number of morpholine rings is 1. The molecule has 9 heteroatoms. The molecule has 1 aromatic carbocycles. The smallest absolute Gasteiger partial charge is 0.238 e. The first-order chi connectivity index (χ1) is 13.3. The van der Waals surface area contributed by atoms with E-state index in [2.05, 4.69) is 0 Å². The molecule has 1 unspecified atom stereocenters. The predicted octanol–water partition coefficient (Wildman–Crippen LogP) is 1.43. The fraction of sp³-hybridized carbons (Fsp3) is 0.526. The SMILES string of the molecule is CCC(=O)c1cc(F)c(OCC2CN(C(=O)C3(C(N)=O)CC3)CCO2)c(F)c1. The number of rotatable bonds is 7. The number of carbonyl (C=O) groups is 3. The molecule has 1 heterocycles. The zero-order valence-electron chi connectivity index (χ0n) is 15.5. The summed E-state index contributed by atoms with van der Waals surface area (Å²) in [4.78, 5) is 37.2. The summed E-state index contributed by atoms with van der Waals surface area (Å²) in [6.07, 6.45) is 0.376. The number of amides is 2. The minimum atomic E-state index is -1.12. The van der Waals surface area contributed by atoms with Gasteiger partial charge in [-0.3, -0.25) is 14.4 Å². The van der Waals surface area contributed by atoms with Crippen molar-refractivity contribution >= 4 is 17.6 Å². The Morgan fingerprint density at radius 2 is 1.93 bits per heavy atom. The lowest BCUT2D eigenvalue weighted by Crippen LogP contribution is -2.52. The molecular weight excluding hydrogens is 374 g/mol. The Morgan fingerprint density at radius 3 is 2.46 bits per heavy atom. The molecule has 1 aliphatic carbocycles. The third-order valence-corrected chi connectivity index (χ3v) is 5.11. The molecule has 1 aliphatic heterocycles. The highest BCUT2D eigenvalue weighted by atomic mass is 19.1. The Kier molecular flexibility index (Phi) is 5.64. The Morgan fingerprint density at radius 1 is 1.29 bits per heavy atom. The van der Waals surface area contributed by atoms with Crippen molar-refractivity contribution in [3.63, 3.8) is 0 Å². The van der Waals surface area contributed by atoms with Gasteiger partial charge in [0.1, 0.15) is 18.1 Å². The van der Waals surface area contributed by atoms with Gasteiger partial charge in [-0.15, -0.1) is 0 Å². The third kappa shape index (κ3) is 3.84. The van der Waals surface area contributed by atoms with Gasteiger partial charge in [-0.2, -0.15) is 0 Å². The van der Waals surface area contributed by atoms with Crippen LogP contribution in [0.2, 0.25) is 0 Å². The van der Waals surface area contributed by atoms with Gasteiger partial charge in [0.15, 0.2) is 23.2 Å². The summed E-state index contributed by atoms with van der Waals surface area (Å²) >= 11 is 0. The molecule has 2 amide bonds. The van der Waals surface area contributed by atoms with Crippen LogP contribution in [0.4, 0.5) is 8.78 Å². The average Bonchev–Trinajstić information content (AvgIpc) is 3.48. The van der Waals surface area contributed by atoms with Crippen LogP contribution in [0.25, 0.3) is 0 Å². The first-order valence-corrected chi connectivity index (χ1v) is 9.14. The molecule has 2 N–H and O–H groups in total. The largest absolute Gasteiger partial charge is 0.485 e. The van der Waals surface area contributed by atoms with E-state index in [9.17, 15) is 23.2 Å². The van der Waals surface area contributed by atoms with Gasteiger partial charge in [-0.05, 0) is 25.0 Å². The predicted molar refractivity (Wildman–Crippen MR) is 93.7 cm³/mol. The van der Waals surface area contributed by atoms with Crippen molar-refractivity contribution in [1.29, 1.82) is 0 Å². The molecule has 2 fully saturated rings. The van der Waals surface area contributed by atoms with E-state index in [1.54, 1.807) is 6.92 Å². The lowest BCUT2D eigenvalue weighted by atomic mass is 10.0. The molecule has 1 saturated heterocycles. The van der Waals surface area contributed by atoms with Crippen molar-refractivity contribution < 1.29 is 32.6 Å². The Hall–Kier alpha value is -2.55. The molecule has 28 heavy (non-hydrogen) atoms. The molecule has 0 spiro atoms. The van der Waals surface area contributed by atoms with Crippen LogP contribution >= 0.6 is 0 Å². The standard InChI is InChI=1S/C19H22F2N2O5/c1-2-15(24)11-7-13(20)16(14(21)8-11)28-10-12-9-23(5-6-27-12)18(26)19(3-4-19)17(22)25/h7-8,12H,2-6,9-10H2,1H3,(H2,22,25). The Balaban J connectivity index is 1.63. The number of carbonyl (C=O) groups excluding carboxylic acids is 3. The topological polar surface area (TPSA) is 98.9 Å². The van der Waals surface area contributed by atoms with Gasteiger partial charge in [0.05, 0.1) is 13.2 Å². The fourth-order valence-electron chi connectivity index (χ4n) is 3.24. The van der Waals surface area contributed by atoms with Gasteiger partial charge in [0, 0.05) is 18.5 Å². The maximum Gasteiger partial charge on any atom is 0.238 e. The van der Waals surface area contributed by atoms with Gasteiger partial charge in [-0.25, -0.2) is 8.78 Å². The molecule has 152 valence electrons. The average molecular weight is 396 g/mol. The van der Waals surface area contributed by atoms with Gasteiger partial charge < -0.3 is 20.1 Å². The maximum atomic E-state index is 14.1. The molecule has 0 aromatic heterocycles. The molecular formula is C19H22F2N2O5. The number of primary amides is 1. The summed E-state index contributed by atoms with van der Waals surface area (Å²) in [6, 6.07) is 1.87. The molecule has 0 radical (unpaired) electrons. The summed E-state index contributed by atoms with van der Waals surface area (Å²) < 4.78 is 39.0. The highest BCUT2D eigenvalue weighted by Crippen LogP contribution is 2.47. The van der Waals surface area contributed by atoms with Gasteiger partial charge >= 0.3 is 0 Å². The maximum absolute atomic E-state index is 14.1. The van der Waals surface area contributed by atoms with E-state index in [-0.39, 0.29) is 43.4 Å². The first-order valence-electron chi connectivity index (χ1n) is 9.14. The van der Waals surface area contributed by atoms with E-state index in [1.165, 1.54) is 4.90 Å². The normalized spacial score (nSPS) is 20.5. The van der Waals surface area contributed by atoms with Crippen molar-refractivity contribution in [2.75, 3.05) is 26.3 Å². The number of ketones is 1. The van der Waals surface area contributed by atoms with Crippen LogP contribution in [0.5, 0.6) is 5.75 Å². The lowest BCUT2D eigenvalue weighted by Gasteiger charge is -2.34. The zero-order valence-corrected chi connectivity index (χ0v) is 15.5. The number of Topliss-reactive ketones (excluding diaryl/α,β-unsaturated/α-hetero) is 1. The number of halogens is 2. The van der Waals surface area contributed by atoms with Gasteiger partial charge in [0.25, 0.3) is 0 Å². The summed E-state index contributed by atoms with van der Waals surface area (Å²) in [7, 11) is 0. The first kappa shape index (κ1) is 20.2. The van der Waals surface area contributed by atoms with E-state index in [4.69, 9.17) is 15.2 Å². The van der Waals surface area contributed by atoms with Crippen LogP contribution in [0, 0.1) is 17.0 Å². The summed E-state index contributed by atoms with van der Waals surface area (Å²) in [5.41, 5.74) is 4.16. The molecule has 1 aromatic rings. The van der Waals surface area contributed by atoms with Crippen molar-refractivity contribution in [1.82, 2.24) is 4.90 Å². The minimum Gasteiger partial charge on any atom is -0.485 e. The molecule has 2 aliphatic rings. The highest BCUT2D eigenvalue weighted by molar-refractivity contribution is 6.07. The van der Waals surface area contributed by atoms with E-state index < -0.39 is 34.8 Å². The number of ether oxygens (including phenoxy) is 2. The van der Waals surface area contributed by atoms with E-state index in [0.717, 1.165) is 12.1 Å². The van der Waals surface area contributed by atoms with Crippen molar-refractivity contribution in [2.45, 2.75) is 32.3 Å². The summed E-state index contributed by atoms with van der Waals surface area (Å²) in [6.45, 7) is 2.05. The van der Waals surface area contributed by atoms with E-state index in [1.807, 2.05) is 0 Å². The highest BCUT2D eigenvalue weighted by Gasteiger charge is 2.57. The second-order valence-electron chi connectivity index (χ2n) is 7.05. The summed E-state index contributed by atoms with van der Waals surface area (Å²) in [5, 5.41) is 0. The number of nitrogens with zero attached hydrogens (tertiary/aromatic N) is 1. The third-order valence-electron chi connectivity index (χ3n) is 5.11. The quantitative estimate of drug-likeness (QED) is 0.555. The molecule has 7 nitrogen and oxygen atoms in total. The number of hydrogen-bond donors (Lipinski definition) is 1. The lowest BCUT2D eigenvalue weighted by molar-refractivity contribution is -0.149. The molecule has 0 bridgehead atoms. The number of benzene rings is 1. The van der Waals surface area contributed by atoms with Crippen molar-refractivity contribution in [2.24, 2.45) is 11.1 Å². The van der Waals surface area contributed by atoms with Crippen LogP contribution < -0.4 is 10.5 Å². The van der Waals surface area contributed by atoms with Crippen LogP contribution in [-0.4, -0.2) is 54.9 Å². The molecule has 1 saturated carbocycles. The number of nitrogens with two attached hydrogens (primary N) is 1. The zero-order chi connectivity index (χ0) is 20.5. The van der Waals surface area contributed by atoms with Crippen LogP contribution in [0.15, 0.2) is 12.1 Å².